The van der Waals surface area contributed by atoms with Gasteiger partial charge in [0, 0.05) is 32.6 Å². The maximum Gasteiger partial charge on any atom is 0.137 e. The van der Waals surface area contributed by atoms with E-state index in [1.807, 2.05) is 120 Å². The highest BCUT2D eigenvalue weighted by molar-refractivity contribution is 6.16. The Morgan fingerprint density at radius 3 is 2.00 bits per heavy atom. The van der Waals surface area contributed by atoms with E-state index < -0.39 is 0 Å². The van der Waals surface area contributed by atoms with E-state index in [9.17, 15) is 1.37 Å². The first-order chi connectivity index (χ1) is 28.6. The van der Waals surface area contributed by atoms with E-state index in [4.69, 9.17) is 14.0 Å². The molecule has 0 saturated carbocycles. The Balaban J connectivity index is 1.16. The molecule has 3 heterocycles. The van der Waals surface area contributed by atoms with E-state index >= 15 is 0 Å². The molecule has 0 amide bonds. The number of benzene rings is 8. The third kappa shape index (κ3) is 4.19. The molecule has 0 aliphatic rings. The average molecular weight is 659 g/mol. The zero-order chi connectivity index (χ0) is 40.4. The molecule has 0 atom stereocenters. The summed E-state index contributed by atoms with van der Waals surface area (Å²) in [7, 11) is 0. The maximum absolute atomic E-state index is 9.28. The molecule has 11 aromatic rings. The van der Waals surface area contributed by atoms with Gasteiger partial charge < -0.3 is 13.6 Å². The fourth-order valence-electron chi connectivity index (χ4n) is 7.68. The van der Waals surface area contributed by atoms with Crippen molar-refractivity contribution in [3.05, 3.63) is 182 Å². The number of rotatable bonds is 4. The predicted molar refractivity (Wildman–Crippen MR) is 213 cm³/mol. The number of furan rings is 1. The first-order valence-electron chi connectivity index (χ1n) is 20.8. The van der Waals surface area contributed by atoms with Gasteiger partial charge in [-0.15, -0.1) is 0 Å². The molecular formula is C48H30N2O. The quantitative estimate of drug-likeness (QED) is 0.185. The largest absolute Gasteiger partial charge is 0.456 e. The van der Waals surface area contributed by atoms with Crippen molar-refractivity contribution < 1.29 is 15.4 Å². The lowest BCUT2D eigenvalue weighted by atomic mass is 9.98. The Bertz CT molecular complexity index is 3600. The molecule has 238 valence electrons. The van der Waals surface area contributed by atoms with E-state index in [-0.39, 0.29) is 53.9 Å². The average Bonchev–Trinajstić information content (AvgIpc) is 3.92. The Labute approximate surface area is 305 Å². The van der Waals surface area contributed by atoms with Crippen LogP contribution in [0.15, 0.2) is 186 Å². The van der Waals surface area contributed by atoms with Gasteiger partial charge in [0.1, 0.15) is 11.2 Å². The number of hydrogen-bond acceptors (Lipinski definition) is 1. The van der Waals surface area contributed by atoms with E-state index in [2.05, 4.69) is 22.8 Å². The molecule has 8 aromatic carbocycles. The third-order valence-electron chi connectivity index (χ3n) is 9.91. The van der Waals surface area contributed by atoms with Crippen LogP contribution in [0.25, 0.3) is 99.2 Å². The molecular weight excluding hydrogens is 621 g/mol. The Morgan fingerprint density at radius 2 is 1.14 bits per heavy atom. The van der Waals surface area contributed by atoms with Gasteiger partial charge in [0.2, 0.25) is 0 Å². The number of nitrogens with zero attached hydrogens (tertiary/aromatic N) is 2. The van der Waals surface area contributed by atoms with Crippen LogP contribution in [-0.2, 0) is 0 Å². The SMILES string of the molecule is [2H]c1c([2H])c(-c2ccccc2)c([2H])c(-c2ccc3oc4cccc(-n5c6ccccc6c6cc(-n7c8ccccc8c8c([2H])c([2H])c([2H])c([2H])c87)ccc65)c4c3c2)c1[2H]. The van der Waals surface area contributed by atoms with Crippen LogP contribution in [0.1, 0.15) is 11.0 Å². The van der Waals surface area contributed by atoms with Crippen LogP contribution in [0.2, 0.25) is 0 Å². The second-order valence-corrected chi connectivity index (χ2v) is 12.7. The maximum atomic E-state index is 9.28. The van der Waals surface area contributed by atoms with Crippen LogP contribution in [0.5, 0.6) is 0 Å². The molecule has 3 nitrogen and oxygen atoms in total. The van der Waals surface area contributed by atoms with Crippen molar-refractivity contribution >= 4 is 65.6 Å². The van der Waals surface area contributed by atoms with Gasteiger partial charge in [-0.1, -0.05) is 115 Å². The molecule has 51 heavy (non-hydrogen) atoms. The summed E-state index contributed by atoms with van der Waals surface area (Å²) < 4.78 is 81.0. The van der Waals surface area contributed by atoms with Gasteiger partial charge in [-0.25, -0.2) is 0 Å². The topological polar surface area (TPSA) is 23.0 Å². The Kier molecular flexibility index (Phi) is 4.52. The third-order valence-corrected chi connectivity index (χ3v) is 9.91. The van der Waals surface area contributed by atoms with Crippen LogP contribution in [0.4, 0.5) is 0 Å². The minimum Gasteiger partial charge on any atom is -0.456 e. The molecule has 11 rings (SSSR count). The normalized spacial score (nSPS) is 14.1. The number of fused-ring (bicyclic) bond motifs is 9. The van der Waals surface area contributed by atoms with Crippen molar-refractivity contribution in [1.82, 2.24) is 9.13 Å². The monoisotopic (exact) mass is 658 g/mol. The molecule has 0 spiro atoms. The fourth-order valence-corrected chi connectivity index (χ4v) is 7.68. The minimum absolute atomic E-state index is 0.0200. The van der Waals surface area contributed by atoms with Gasteiger partial charge in [-0.05, 0) is 88.9 Å². The Hall–Kier alpha value is -6.84. The lowest BCUT2D eigenvalue weighted by Gasteiger charge is -2.11. The first kappa shape index (κ1) is 21.3. The van der Waals surface area contributed by atoms with Crippen LogP contribution >= 0.6 is 0 Å². The molecule has 0 aliphatic carbocycles. The van der Waals surface area contributed by atoms with Gasteiger partial charge in [0.25, 0.3) is 0 Å². The van der Waals surface area contributed by atoms with Crippen LogP contribution in [0.3, 0.4) is 0 Å². The van der Waals surface area contributed by atoms with Crippen LogP contribution < -0.4 is 0 Å². The molecule has 0 aliphatic heterocycles. The molecule has 0 N–H and O–H groups in total. The predicted octanol–water partition coefficient (Wildman–Crippen LogP) is 13.1. The second kappa shape index (κ2) is 10.8. The summed E-state index contributed by atoms with van der Waals surface area (Å²) in [4.78, 5) is 0. The molecule has 0 saturated heterocycles. The molecule has 0 radical (unpaired) electrons. The summed E-state index contributed by atoms with van der Waals surface area (Å²) in [6.07, 6.45) is 0. The van der Waals surface area contributed by atoms with Gasteiger partial charge in [0.05, 0.1) is 44.1 Å². The summed E-state index contributed by atoms with van der Waals surface area (Å²) in [5, 5.41) is 4.77. The van der Waals surface area contributed by atoms with Crippen LogP contribution in [0, 0.1) is 0 Å². The highest BCUT2D eigenvalue weighted by Gasteiger charge is 2.20. The van der Waals surface area contributed by atoms with Crippen molar-refractivity contribution in [2.75, 3.05) is 0 Å². The number of para-hydroxylation sites is 3. The van der Waals surface area contributed by atoms with Gasteiger partial charge in [-0.2, -0.15) is 0 Å². The standard InChI is InChI=1S/C48H30N2O/c1-2-12-31(13-3-1)32-14-10-15-33(28-32)34-24-27-46-40(29-34)48-45(22-11-23-47(48)51-46)50-43-21-9-6-18-38(43)39-30-35(25-26-44(39)50)49-41-19-7-4-16-36(41)37-17-5-8-20-42(37)49/h1-30H/i4D,7D,10D,14D,15D,16D,19D,28D. The summed E-state index contributed by atoms with van der Waals surface area (Å²) in [6, 6.07) is 41.3. The Morgan fingerprint density at radius 1 is 0.412 bits per heavy atom. The van der Waals surface area contributed by atoms with Crippen molar-refractivity contribution in [3.8, 4) is 33.6 Å². The molecule has 3 aromatic heterocycles. The van der Waals surface area contributed by atoms with Crippen molar-refractivity contribution in [2.24, 2.45) is 0 Å². The minimum atomic E-state index is -0.282. The molecule has 0 unspecified atom stereocenters. The van der Waals surface area contributed by atoms with Crippen molar-refractivity contribution in [1.29, 1.82) is 0 Å². The second-order valence-electron chi connectivity index (χ2n) is 12.7. The first-order valence-corrected chi connectivity index (χ1v) is 16.8. The highest BCUT2D eigenvalue weighted by atomic mass is 16.3. The summed E-state index contributed by atoms with van der Waals surface area (Å²) in [5.41, 5.74) is 7.75. The van der Waals surface area contributed by atoms with Crippen molar-refractivity contribution in [3.63, 3.8) is 0 Å². The molecule has 0 fully saturated rings. The van der Waals surface area contributed by atoms with E-state index in [0.717, 1.165) is 54.9 Å². The number of aromatic nitrogens is 2. The lowest BCUT2D eigenvalue weighted by Crippen LogP contribution is -1.96. The van der Waals surface area contributed by atoms with Crippen molar-refractivity contribution in [2.45, 2.75) is 0 Å². The zero-order valence-electron chi connectivity index (χ0n) is 35.0. The molecule has 0 bridgehead atoms. The van der Waals surface area contributed by atoms with Gasteiger partial charge in [0.15, 0.2) is 0 Å². The van der Waals surface area contributed by atoms with Gasteiger partial charge in [-0.3, -0.25) is 0 Å². The summed E-state index contributed by atoms with van der Waals surface area (Å²) >= 11 is 0. The smallest absolute Gasteiger partial charge is 0.137 e. The summed E-state index contributed by atoms with van der Waals surface area (Å²) in [6.45, 7) is 0. The lowest BCUT2D eigenvalue weighted by molar-refractivity contribution is 0.669. The van der Waals surface area contributed by atoms with Gasteiger partial charge >= 0.3 is 0 Å². The molecule has 3 heteroatoms. The highest BCUT2D eigenvalue weighted by Crippen LogP contribution is 2.41. The zero-order valence-corrected chi connectivity index (χ0v) is 27.0. The fraction of sp³-hybridized carbons (Fsp3) is 0. The van der Waals surface area contributed by atoms with E-state index in [0.29, 0.717) is 38.8 Å². The summed E-state index contributed by atoms with van der Waals surface area (Å²) in [5.74, 6) is 0. The van der Waals surface area contributed by atoms with E-state index in [1.54, 1.807) is 0 Å². The number of hydrogen-bond donors (Lipinski definition) is 0. The van der Waals surface area contributed by atoms with E-state index in [1.165, 1.54) is 0 Å². The van der Waals surface area contributed by atoms with Crippen LogP contribution in [-0.4, -0.2) is 9.13 Å².